The molecule has 0 aliphatic carbocycles. The standard InChI is InChI=1S/C9H14N4/c1-5-8-6(12(2)9(5)11)4-7(10)13(8)3/h4H,10-11H2,1-3H3. The van der Waals surface area contributed by atoms with Gasteiger partial charge in [0.1, 0.15) is 11.6 Å². The first-order chi connectivity index (χ1) is 6.04. The third-order valence-corrected chi connectivity index (χ3v) is 2.71. The highest BCUT2D eigenvalue weighted by atomic mass is 15.1. The summed E-state index contributed by atoms with van der Waals surface area (Å²) in [5.41, 5.74) is 15.0. The van der Waals surface area contributed by atoms with Crippen LogP contribution in [0.15, 0.2) is 6.07 Å². The van der Waals surface area contributed by atoms with Gasteiger partial charge in [-0.3, -0.25) is 0 Å². The monoisotopic (exact) mass is 178 g/mol. The van der Waals surface area contributed by atoms with E-state index in [9.17, 15) is 0 Å². The molecule has 0 aliphatic rings. The Morgan fingerprint density at radius 2 is 1.77 bits per heavy atom. The molecule has 0 saturated heterocycles. The van der Waals surface area contributed by atoms with Gasteiger partial charge in [0.05, 0.1) is 11.0 Å². The van der Waals surface area contributed by atoms with Crippen LogP contribution in [-0.4, -0.2) is 9.13 Å². The molecular formula is C9H14N4. The summed E-state index contributed by atoms with van der Waals surface area (Å²) in [5, 5.41) is 0. The maximum atomic E-state index is 5.89. The molecule has 4 nitrogen and oxygen atoms in total. The number of nitrogens with two attached hydrogens (primary N) is 2. The molecule has 13 heavy (non-hydrogen) atoms. The highest BCUT2D eigenvalue weighted by Gasteiger charge is 2.13. The Morgan fingerprint density at radius 1 is 1.15 bits per heavy atom. The summed E-state index contributed by atoms with van der Waals surface area (Å²) in [5.74, 6) is 1.57. The zero-order valence-corrected chi connectivity index (χ0v) is 8.13. The van der Waals surface area contributed by atoms with Gasteiger partial charge in [-0.15, -0.1) is 0 Å². The maximum Gasteiger partial charge on any atom is 0.108 e. The van der Waals surface area contributed by atoms with Crippen LogP contribution in [0.25, 0.3) is 11.0 Å². The summed E-state index contributed by atoms with van der Waals surface area (Å²) < 4.78 is 3.92. The van der Waals surface area contributed by atoms with Gasteiger partial charge in [-0.2, -0.15) is 0 Å². The first kappa shape index (κ1) is 8.04. The Balaban J connectivity index is 3.01. The molecule has 0 fully saturated rings. The topological polar surface area (TPSA) is 61.9 Å². The first-order valence-corrected chi connectivity index (χ1v) is 4.19. The maximum absolute atomic E-state index is 5.89. The first-order valence-electron chi connectivity index (χ1n) is 4.19. The number of fused-ring (bicyclic) bond motifs is 1. The fraction of sp³-hybridized carbons (Fsp3) is 0.333. The second-order valence-electron chi connectivity index (χ2n) is 3.43. The minimum Gasteiger partial charge on any atom is -0.385 e. The minimum absolute atomic E-state index is 0.767. The van der Waals surface area contributed by atoms with Crippen LogP contribution < -0.4 is 11.5 Å². The van der Waals surface area contributed by atoms with Gasteiger partial charge in [-0.05, 0) is 6.92 Å². The molecule has 70 valence electrons. The molecule has 2 rings (SSSR count). The summed E-state index contributed by atoms with van der Waals surface area (Å²) >= 11 is 0. The third kappa shape index (κ3) is 0.798. The van der Waals surface area contributed by atoms with Crippen molar-refractivity contribution < 1.29 is 0 Å². The van der Waals surface area contributed by atoms with E-state index >= 15 is 0 Å². The molecule has 0 amide bonds. The third-order valence-electron chi connectivity index (χ3n) is 2.71. The van der Waals surface area contributed by atoms with E-state index in [0.29, 0.717) is 0 Å². The lowest BCUT2D eigenvalue weighted by molar-refractivity contribution is 0.978. The van der Waals surface area contributed by atoms with Gasteiger partial charge in [0.15, 0.2) is 0 Å². The number of rotatable bonds is 0. The summed E-state index contributed by atoms with van der Waals surface area (Å²) in [6, 6.07) is 1.94. The van der Waals surface area contributed by atoms with E-state index in [4.69, 9.17) is 11.5 Å². The Bertz CT molecular complexity index is 475. The van der Waals surface area contributed by atoms with Gasteiger partial charge in [-0.25, -0.2) is 0 Å². The van der Waals surface area contributed by atoms with Crippen LogP contribution in [0.4, 0.5) is 11.6 Å². The van der Waals surface area contributed by atoms with Gasteiger partial charge in [0.2, 0.25) is 0 Å². The van der Waals surface area contributed by atoms with Crippen LogP contribution in [0.5, 0.6) is 0 Å². The number of nitrogen functional groups attached to an aromatic ring is 2. The lowest BCUT2D eigenvalue weighted by Crippen LogP contribution is -1.98. The summed E-state index contributed by atoms with van der Waals surface area (Å²) in [6.07, 6.45) is 0. The summed E-state index contributed by atoms with van der Waals surface area (Å²) in [7, 11) is 3.90. The van der Waals surface area contributed by atoms with Gasteiger partial charge in [0.25, 0.3) is 0 Å². The molecule has 4 heteroatoms. The number of nitrogens with zero attached hydrogens (tertiary/aromatic N) is 2. The van der Waals surface area contributed by atoms with Gasteiger partial charge in [0, 0.05) is 25.7 Å². The average Bonchev–Trinajstić information content (AvgIpc) is 2.48. The Labute approximate surface area is 76.7 Å². The molecule has 2 aromatic rings. The van der Waals surface area contributed by atoms with Crippen molar-refractivity contribution in [2.75, 3.05) is 11.5 Å². The molecule has 0 saturated carbocycles. The fourth-order valence-electron chi connectivity index (χ4n) is 1.81. The molecule has 0 bridgehead atoms. The van der Waals surface area contributed by atoms with E-state index in [1.807, 2.05) is 36.2 Å². The van der Waals surface area contributed by atoms with E-state index in [1.165, 1.54) is 0 Å². The highest BCUT2D eigenvalue weighted by Crippen LogP contribution is 2.29. The lowest BCUT2D eigenvalue weighted by Gasteiger charge is -1.99. The lowest BCUT2D eigenvalue weighted by atomic mass is 10.3. The van der Waals surface area contributed by atoms with Crippen molar-refractivity contribution in [1.29, 1.82) is 0 Å². The number of hydrogen-bond acceptors (Lipinski definition) is 2. The second-order valence-corrected chi connectivity index (χ2v) is 3.43. The van der Waals surface area contributed by atoms with Crippen LogP contribution in [0, 0.1) is 6.92 Å². The number of hydrogen-bond donors (Lipinski definition) is 2. The van der Waals surface area contributed by atoms with E-state index < -0.39 is 0 Å². The molecule has 2 aromatic heterocycles. The molecular weight excluding hydrogens is 164 g/mol. The summed E-state index contributed by atoms with van der Waals surface area (Å²) in [6.45, 7) is 2.01. The van der Waals surface area contributed by atoms with Gasteiger partial charge >= 0.3 is 0 Å². The number of aromatic nitrogens is 2. The van der Waals surface area contributed by atoms with Crippen molar-refractivity contribution in [1.82, 2.24) is 9.13 Å². The van der Waals surface area contributed by atoms with E-state index in [-0.39, 0.29) is 0 Å². The minimum atomic E-state index is 0.767. The van der Waals surface area contributed by atoms with Crippen LogP contribution in [0.2, 0.25) is 0 Å². The fourth-order valence-corrected chi connectivity index (χ4v) is 1.81. The van der Waals surface area contributed by atoms with Crippen molar-refractivity contribution in [2.45, 2.75) is 6.92 Å². The molecule has 0 atom stereocenters. The van der Waals surface area contributed by atoms with Crippen molar-refractivity contribution >= 4 is 22.7 Å². The Kier molecular flexibility index (Phi) is 1.37. The largest absolute Gasteiger partial charge is 0.385 e. The quantitative estimate of drug-likeness (QED) is 0.632. The Hall–Kier alpha value is -1.58. The molecule has 0 aromatic carbocycles. The van der Waals surface area contributed by atoms with Gasteiger partial charge < -0.3 is 20.6 Å². The predicted molar refractivity (Wildman–Crippen MR) is 55.5 cm³/mol. The Morgan fingerprint density at radius 3 is 2.31 bits per heavy atom. The van der Waals surface area contributed by atoms with Crippen molar-refractivity contribution in [3.05, 3.63) is 11.6 Å². The predicted octanol–water partition coefficient (Wildman–Crippen LogP) is 0.990. The molecule has 0 aliphatic heterocycles. The van der Waals surface area contributed by atoms with Crippen LogP contribution in [0.3, 0.4) is 0 Å². The smallest absolute Gasteiger partial charge is 0.108 e. The molecule has 0 spiro atoms. The van der Waals surface area contributed by atoms with Crippen LogP contribution in [-0.2, 0) is 14.1 Å². The number of anilines is 2. The SMILES string of the molecule is Cc1c(N)n(C)c2cc(N)n(C)c12. The molecule has 4 N–H and O–H groups in total. The second kappa shape index (κ2) is 2.22. The zero-order valence-electron chi connectivity index (χ0n) is 8.13. The van der Waals surface area contributed by atoms with Crippen molar-refractivity contribution in [2.24, 2.45) is 14.1 Å². The van der Waals surface area contributed by atoms with Gasteiger partial charge in [-0.1, -0.05) is 0 Å². The summed E-state index contributed by atoms with van der Waals surface area (Å²) in [4.78, 5) is 0. The van der Waals surface area contributed by atoms with Crippen LogP contribution in [0.1, 0.15) is 5.56 Å². The van der Waals surface area contributed by atoms with E-state index in [1.54, 1.807) is 0 Å². The van der Waals surface area contributed by atoms with Crippen molar-refractivity contribution in [3.63, 3.8) is 0 Å². The molecule has 2 heterocycles. The van der Waals surface area contributed by atoms with Crippen LogP contribution >= 0.6 is 0 Å². The number of aryl methyl sites for hydroxylation is 3. The zero-order chi connectivity index (χ0) is 9.75. The normalized spacial score (nSPS) is 11.3. The average molecular weight is 178 g/mol. The van der Waals surface area contributed by atoms with E-state index in [2.05, 4.69) is 0 Å². The molecule has 0 unspecified atom stereocenters. The van der Waals surface area contributed by atoms with E-state index in [0.717, 1.165) is 28.2 Å². The highest BCUT2D eigenvalue weighted by molar-refractivity contribution is 5.89. The molecule has 0 radical (unpaired) electrons. The van der Waals surface area contributed by atoms with Crippen molar-refractivity contribution in [3.8, 4) is 0 Å².